The third kappa shape index (κ3) is 4.16. The van der Waals surface area contributed by atoms with Crippen molar-refractivity contribution in [1.82, 2.24) is 5.32 Å². The quantitative estimate of drug-likeness (QED) is 0.723. The van der Waals surface area contributed by atoms with Gasteiger partial charge < -0.3 is 15.8 Å². The molecule has 0 heterocycles. The summed E-state index contributed by atoms with van der Waals surface area (Å²) in [6, 6.07) is -0.587. The SMILES string of the molecule is COC(=O)C(C)NC(=O)[C@@H]1CCC[C@@H]1CN.Cl. The van der Waals surface area contributed by atoms with Crippen molar-refractivity contribution in [2.45, 2.75) is 32.2 Å². The zero-order valence-electron chi connectivity index (χ0n) is 10.3. The van der Waals surface area contributed by atoms with Crippen LogP contribution in [0.5, 0.6) is 0 Å². The summed E-state index contributed by atoms with van der Waals surface area (Å²) in [5.74, 6) is -0.288. The van der Waals surface area contributed by atoms with Crippen LogP contribution in [0.4, 0.5) is 0 Å². The van der Waals surface area contributed by atoms with Gasteiger partial charge >= 0.3 is 5.97 Å². The highest BCUT2D eigenvalue weighted by Crippen LogP contribution is 2.30. The van der Waals surface area contributed by atoms with E-state index in [0.29, 0.717) is 6.54 Å². The van der Waals surface area contributed by atoms with Crippen molar-refractivity contribution in [2.24, 2.45) is 17.6 Å². The van der Waals surface area contributed by atoms with Crippen molar-refractivity contribution < 1.29 is 14.3 Å². The number of esters is 1. The van der Waals surface area contributed by atoms with Crippen LogP contribution in [0.2, 0.25) is 0 Å². The minimum absolute atomic E-state index is 0. The molecule has 1 saturated carbocycles. The smallest absolute Gasteiger partial charge is 0.328 e. The van der Waals surface area contributed by atoms with E-state index in [0.717, 1.165) is 19.3 Å². The Labute approximate surface area is 108 Å². The molecule has 0 aromatic rings. The van der Waals surface area contributed by atoms with E-state index in [2.05, 4.69) is 10.1 Å². The second-order valence-corrected chi connectivity index (χ2v) is 4.29. The summed E-state index contributed by atoms with van der Waals surface area (Å²) >= 11 is 0. The first-order chi connectivity index (χ1) is 7.60. The average Bonchev–Trinajstić information content (AvgIpc) is 2.75. The fourth-order valence-corrected chi connectivity index (χ4v) is 2.22. The summed E-state index contributed by atoms with van der Waals surface area (Å²) in [4.78, 5) is 23.0. The Hall–Kier alpha value is -0.810. The first kappa shape index (κ1) is 16.2. The van der Waals surface area contributed by atoms with Crippen LogP contribution in [0, 0.1) is 11.8 Å². The Kier molecular flexibility index (Phi) is 7.15. The zero-order chi connectivity index (χ0) is 12.1. The molecule has 0 radical (unpaired) electrons. The van der Waals surface area contributed by atoms with Gasteiger partial charge in [-0.15, -0.1) is 12.4 Å². The van der Waals surface area contributed by atoms with Gasteiger partial charge in [-0.25, -0.2) is 4.79 Å². The Morgan fingerprint density at radius 3 is 2.65 bits per heavy atom. The van der Waals surface area contributed by atoms with Gasteiger partial charge in [0.25, 0.3) is 0 Å². The summed E-state index contributed by atoms with van der Waals surface area (Å²) in [5.41, 5.74) is 5.61. The summed E-state index contributed by atoms with van der Waals surface area (Å²) in [6.45, 7) is 2.15. The van der Waals surface area contributed by atoms with Crippen molar-refractivity contribution in [2.75, 3.05) is 13.7 Å². The number of halogens is 1. The molecule has 0 saturated heterocycles. The topological polar surface area (TPSA) is 81.4 Å². The van der Waals surface area contributed by atoms with E-state index in [-0.39, 0.29) is 30.2 Å². The maximum Gasteiger partial charge on any atom is 0.328 e. The Bertz CT molecular complexity index is 273. The molecule has 0 bridgehead atoms. The maximum atomic E-state index is 11.9. The molecule has 5 nitrogen and oxygen atoms in total. The normalized spacial score (nSPS) is 24.6. The fraction of sp³-hybridized carbons (Fsp3) is 0.818. The Balaban J connectivity index is 0.00000256. The molecule has 100 valence electrons. The van der Waals surface area contributed by atoms with Gasteiger partial charge in [-0.2, -0.15) is 0 Å². The molecule has 1 rings (SSSR count). The van der Waals surface area contributed by atoms with Crippen LogP contribution in [-0.2, 0) is 14.3 Å². The minimum Gasteiger partial charge on any atom is -0.467 e. The lowest BCUT2D eigenvalue weighted by atomic mass is 9.95. The number of hydrogen-bond donors (Lipinski definition) is 2. The number of methoxy groups -OCH3 is 1. The molecule has 1 aliphatic carbocycles. The van der Waals surface area contributed by atoms with E-state index in [1.165, 1.54) is 7.11 Å². The molecule has 1 amide bonds. The van der Waals surface area contributed by atoms with Crippen LogP contribution < -0.4 is 11.1 Å². The molecule has 17 heavy (non-hydrogen) atoms. The van der Waals surface area contributed by atoms with Crippen molar-refractivity contribution in [3.05, 3.63) is 0 Å². The van der Waals surface area contributed by atoms with Crippen LogP contribution in [-0.4, -0.2) is 31.6 Å². The van der Waals surface area contributed by atoms with Gasteiger partial charge in [0.05, 0.1) is 7.11 Å². The maximum absolute atomic E-state index is 11.9. The highest BCUT2D eigenvalue weighted by atomic mass is 35.5. The second kappa shape index (κ2) is 7.50. The third-order valence-electron chi connectivity index (χ3n) is 3.21. The molecule has 1 unspecified atom stereocenters. The lowest BCUT2D eigenvalue weighted by Gasteiger charge is -2.19. The molecule has 1 aliphatic rings. The van der Waals surface area contributed by atoms with Gasteiger partial charge in [0.2, 0.25) is 5.91 Å². The van der Waals surface area contributed by atoms with Gasteiger partial charge in [-0.05, 0) is 32.2 Å². The number of carbonyl (C=O) groups is 2. The molecule has 0 aromatic carbocycles. The number of carbonyl (C=O) groups excluding carboxylic acids is 2. The summed E-state index contributed by atoms with van der Waals surface area (Å²) in [7, 11) is 1.31. The lowest BCUT2D eigenvalue weighted by Crippen LogP contribution is -2.43. The monoisotopic (exact) mass is 264 g/mol. The molecule has 0 spiro atoms. The van der Waals surface area contributed by atoms with E-state index < -0.39 is 12.0 Å². The summed E-state index contributed by atoms with van der Waals surface area (Å²) in [5, 5.41) is 2.67. The summed E-state index contributed by atoms with van der Waals surface area (Å²) in [6.07, 6.45) is 2.90. The molecular weight excluding hydrogens is 244 g/mol. The first-order valence-electron chi connectivity index (χ1n) is 5.68. The molecule has 0 aliphatic heterocycles. The van der Waals surface area contributed by atoms with E-state index in [4.69, 9.17) is 5.73 Å². The van der Waals surface area contributed by atoms with Gasteiger partial charge in [-0.3, -0.25) is 4.79 Å². The van der Waals surface area contributed by atoms with Crippen molar-refractivity contribution in [3.63, 3.8) is 0 Å². The minimum atomic E-state index is -0.587. The van der Waals surface area contributed by atoms with Crippen LogP contribution in [0.25, 0.3) is 0 Å². The standard InChI is InChI=1S/C11H20N2O3.ClH/c1-7(11(15)16-2)13-10(14)9-5-3-4-8(9)6-12;/h7-9H,3-6,12H2,1-2H3,(H,13,14);1H/t7?,8-,9-;/m1./s1. The van der Waals surface area contributed by atoms with E-state index in [1.54, 1.807) is 6.92 Å². The van der Waals surface area contributed by atoms with Gasteiger partial charge in [-0.1, -0.05) is 6.42 Å². The van der Waals surface area contributed by atoms with Crippen LogP contribution in [0.15, 0.2) is 0 Å². The predicted octanol–water partition coefficient (Wildman–Crippen LogP) is 0.461. The second-order valence-electron chi connectivity index (χ2n) is 4.29. The molecule has 3 N–H and O–H groups in total. The molecule has 1 fully saturated rings. The van der Waals surface area contributed by atoms with Crippen LogP contribution >= 0.6 is 12.4 Å². The Morgan fingerprint density at radius 1 is 1.47 bits per heavy atom. The zero-order valence-corrected chi connectivity index (χ0v) is 11.1. The van der Waals surface area contributed by atoms with Gasteiger partial charge in [0.1, 0.15) is 6.04 Å². The predicted molar refractivity (Wildman–Crippen MR) is 66.8 cm³/mol. The first-order valence-corrected chi connectivity index (χ1v) is 5.68. The molecule has 0 aromatic heterocycles. The van der Waals surface area contributed by atoms with Crippen LogP contribution in [0.1, 0.15) is 26.2 Å². The van der Waals surface area contributed by atoms with Gasteiger partial charge in [0, 0.05) is 5.92 Å². The molecular formula is C11H21ClN2O3. The lowest BCUT2D eigenvalue weighted by molar-refractivity contribution is -0.145. The number of hydrogen-bond acceptors (Lipinski definition) is 4. The van der Waals surface area contributed by atoms with Gasteiger partial charge in [0.15, 0.2) is 0 Å². The van der Waals surface area contributed by atoms with Crippen molar-refractivity contribution in [1.29, 1.82) is 0 Å². The van der Waals surface area contributed by atoms with E-state index >= 15 is 0 Å². The number of nitrogens with two attached hydrogens (primary N) is 1. The molecule has 6 heteroatoms. The fourth-order valence-electron chi connectivity index (χ4n) is 2.22. The third-order valence-corrected chi connectivity index (χ3v) is 3.21. The van der Waals surface area contributed by atoms with E-state index in [1.807, 2.05) is 0 Å². The van der Waals surface area contributed by atoms with E-state index in [9.17, 15) is 9.59 Å². The highest BCUT2D eigenvalue weighted by molar-refractivity contribution is 5.86. The number of rotatable bonds is 4. The van der Waals surface area contributed by atoms with Crippen molar-refractivity contribution >= 4 is 24.3 Å². The number of amides is 1. The largest absolute Gasteiger partial charge is 0.467 e. The molecule has 3 atom stereocenters. The average molecular weight is 265 g/mol. The highest BCUT2D eigenvalue weighted by Gasteiger charge is 2.33. The Morgan fingerprint density at radius 2 is 2.12 bits per heavy atom. The number of nitrogens with one attached hydrogen (secondary N) is 1. The van der Waals surface area contributed by atoms with Crippen molar-refractivity contribution in [3.8, 4) is 0 Å². The van der Waals surface area contributed by atoms with Crippen LogP contribution in [0.3, 0.4) is 0 Å². The summed E-state index contributed by atoms with van der Waals surface area (Å²) < 4.78 is 4.55. The number of ether oxygens (including phenoxy) is 1.